The summed E-state index contributed by atoms with van der Waals surface area (Å²) in [5, 5.41) is 8.18. The highest BCUT2D eigenvalue weighted by atomic mass is 15.4. The van der Waals surface area contributed by atoms with E-state index in [2.05, 4.69) is 42.2 Å². The molecule has 2 unspecified atom stereocenters. The number of hydrogen-bond donors (Lipinski definition) is 1. The molecular weight excluding hydrogens is 212 g/mol. The molecule has 0 saturated carbocycles. The van der Waals surface area contributed by atoms with Crippen LogP contribution in [0.1, 0.15) is 27.2 Å². The molecule has 4 heteroatoms. The molecule has 1 saturated heterocycles. The lowest BCUT2D eigenvalue weighted by Gasteiger charge is -2.42. The highest BCUT2D eigenvalue weighted by Crippen LogP contribution is 2.22. The molecule has 96 valence electrons. The van der Waals surface area contributed by atoms with Gasteiger partial charge in [0.2, 0.25) is 0 Å². The van der Waals surface area contributed by atoms with E-state index < -0.39 is 0 Å². The predicted octanol–water partition coefficient (Wildman–Crippen LogP) is 1.63. The standard InChI is InChI=1S/C13H24N4/c1-5-11-9-17(12(8-14-11)10(2)3)13-6-7-16(4)15-13/h6-7,10-12,14H,5,8-9H2,1-4H3. The summed E-state index contributed by atoms with van der Waals surface area (Å²) in [4.78, 5) is 2.47. The van der Waals surface area contributed by atoms with Crippen molar-refractivity contribution in [2.24, 2.45) is 13.0 Å². The smallest absolute Gasteiger partial charge is 0.150 e. The van der Waals surface area contributed by atoms with Gasteiger partial charge in [-0.25, -0.2) is 0 Å². The molecule has 0 bridgehead atoms. The van der Waals surface area contributed by atoms with Crippen LogP contribution in [0.4, 0.5) is 5.82 Å². The van der Waals surface area contributed by atoms with Crippen LogP contribution >= 0.6 is 0 Å². The average Bonchev–Trinajstić information content (AvgIpc) is 2.75. The van der Waals surface area contributed by atoms with Gasteiger partial charge in [0.25, 0.3) is 0 Å². The third-order valence-corrected chi connectivity index (χ3v) is 3.69. The van der Waals surface area contributed by atoms with E-state index in [-0.39, 0.29) is 0 Å². The first-order valence-corrected chi connectivity index (χ1v) is 6.61. The maximum absolute atomic E-state index is 4.55. The van der Waals surface area contributed by atoms with E-state index in [4.69, 9.17) is 0 Å². The van der Waals surface area contributed by atoms with E-state index in [1.54, 1.807) is 0 Å². The minimum absolute atomic E-state index is 0.549. The number of nitrogens with one attached hydrogen (secondary N) is 1. The number of nitrogens with zero attached hydrogens (tertiary/aromatic N) is 3. The fraction of sp³-hybridized carbons (Fsp3) is 0.769. The van der Waals surface area contributed by atoms with Crippen LogP contribution in [0.25, 0.3) is 0 Å². The van der Waals surface area contributed by atoms with Gasteiger partial charge in [-0.1, -0.05) is 20.8 Å². The highest BCUT2D eigenvalue weighted by molar-refractivity contribution is 5.40. The number of anilines is 1. The van der Waals surface area contributed by atoms with Crippen LogP contribution in [0.5, 0.6) is 0 Å². The van der Waals surface area contributed by atoms with Crippen molar-refractivity contribution in [1.29, 1.82) is 0 Å². The van der Waals surface area contributed by atoms with Gasteiger partial charge in [0, 0.05) is 44.5 Å². The molecular formula is C13H24N4. The van der Waals surface area contributed by atoms with Gasteiger partial charge in [0.05, 0.1) is 0 Å². The Bertz CT molecular complexity index is 358. The Kier molecular flexibility index (Phi) is 3.72. The molecule has 0 aromatic carbocycles. The lowest BCUT2D eigenvalue weighted by atomic mass is 9.98. The molecule has 1 fully saturated rings. The molecule has 1 aromatic rings. The minimum atomic E-state index is 0.549. The van der Waals surface area contributed by atoms with Crippen LogP contribution in [0.2, 0.25) is 0 Å². The SMILES string of the molecule is CCC1CN(c2ccn(C)n2)C(C(C)C)CN1. The maximum atomic E-state index is 4.55. The molecule has 1 N–H and O–H groups in total. The van der Waals surface area contributed by atoms with Crippen molar-refractivity contribution in [3.63, 3.8) is 0 Å². The lowest BCUT2D eigenvalue weighted by molar-refractivity contribution is 0.331. The molecule has 1 aromatic heterocycles. The monoisotopic (exact) mass is 236 g/mol. The second-order valence-corrected chi connectivity index (χ2v) is 5.32. The van der Waals surface area contributed by atoms with Crippen LogP contribution in [0.15, 0.2) is 12.3 Å². The molecule has 0 amide bonds. The molecule has 2 rings (SSSR count). The molecule has 2 heterocycles. The van der Waals surface area contributed by atoms with Crippen LogP contribution in [-0.2, 0) is 7.05 Å². The maximum Gasteiger partial charge on any atom is 0.150 e. The molecule has 2 atom stereocenters. The van der Waals surface area contributed by atoms with Crippen molar-refractivity contribution in [2.45, 2.75) is 39.3 Å². The molecule has 1 aliphatic heterocycles. The highest BCUT2D eigenvalue weighted by Gasteiger charge is 2.30. The number of aryl methyl sites for hydroxylation is 1. The van der Waals surface area contributed by atoms with Gasteiger partial charge in [-0.2, -0.15) is 5.10 Å². The zero-order valence-corrected chi connectivity index (χ0v) is 11.3. The van der Waals surface area contributed by atoms with Crippen LogP contribution in [-0.4, -0.2) is 35.0 Å². The third kappa shape index (κ3) is 2.63. The second-order valence-electron chi connectivity index (χ2n) is 5.32. The summed E-state index contributed by atoms with van der Waals surface area (Å²) in [6.07, 6.45) is 3.20. The molecule has 4 nitrogen and oxygen atoms in total. The summed E-state index contributed by atoms with van der Waals surface area (Å²) in [5.41, 5.74) is 0. The Morgan fingerprint density at radius 2 is 2.29 bits per heavy atom. The lowest BCUT2D eigenvalue weighted by Crippen LogP contribution is -2.58. The topological polar surface area (TPSA) is 33.1 Å². The summed E-state index contributed by atoms with van der Waals surface area (Å²) < 4.78 is 1.88. The molecule has 0 spiro atoms. The van der Waals surface area contributed by atoms with Crippen molar-refractivity contribution >= 4 is 5.82 Å². The first kappa shape index (κ1) is 12.4. The van der Waals surface area contributed by atoms with E-state index in [1.165, 1.54) is 6.42 Å². The summed E-state index contributed by atoms with van der Waals surface area (Å²) >= 11 is 0. The second kappa shape index (κ2) is 5.08. The summed E-state index contributed by atoms with van der Waals surface area (Å²) in [6.45, 7) is 8.94. The Morgan fingerprint density at radius 3 is 2.82 bits per heavy atom. The van der Waals surface area contributed by atoms with Crippen molar-refractivity contribution in [2.75, 3.05) is 18.0 Å². The van der Waals surface area contributed by atoms with Gasteiger partial charge in [-0.05, 0) is 12.3 Å². The van der Waals surface area contributed by atoms with Crippen molar-refractivity contribution in [3.8, 4) is 0 Å². The van der Waals surface area contributed by atoms with Crippen molar-refractivity contribution in [3.05, 3.63) is 12.3 Å². The Morgan fingerprint density at radius 1 is 1.53 bits per heavy atom. The Balaban J connectivity index is 2.18. The van der Waals surface area contributed by atoms with E-state index in [0.717, 1.165) is 18.9 Å². The number of piperazine rings is 1. The normalized spacial score (nSPS) is 25.6. The van der Waals surface area contributed by atoms with E-state index in [0.29, 0.717) is 18.0 Å². The first-order valence-electron chi connectivity index (χ1n) is 6.61. The number of aromatic nitrogens is 2. The fourth-order valence-electron chi connectivity index (χ4n) is 2.52. The van der Waals surface area contributed by atoms with Crippen LogP contribution < -0.4 is 10.2 Å². The predicted molar refractivity (Wildman–Crippen MR) is 71.3 cm³/mol. The zero-order chi connectivity index (χ0) is 12.4. The van der Waals surface area contributed by atoms with Gasteiger partial charge >= 0.3 is 0 Å². The fourth-order valence-corrected chi connectivity index (χ4v) is 2.52. The molecule has 0 radical (unpaired) electrons. The van der Waals surface area contributed by atoms with E-state index >= 15 is 0 Å². The van der Waals surface area contributed by atoms with Crippen molar-refractivity contribution < 1.29 is 0 Å². The summed E-state index contributed by atoms with van der Waals surface area (Å²) in [6, 6.07) is 3.26. The van der Waals surface area contributed by atoms with E-state index in [9.17, 15) is 0 Å². The average molecular weight is 236 g/mol. The Hall–Kier alpha value is -1.03. The van der Waals surface area contributed by atoms with Gasteiger partial charge in [-0.15, -0.1) is 0 Å². The van der Waals surface area contributed by atoms with Crippen LogP contribution in [0, 0.1) is 5.92 Å². The quantitative estimate of drug-likeness (QED) is 0.866. The summed E-state index contributed by atoms with van der Waals surface area (Å²) in [7, 11) is 1.98. The third-order valence-electron chi connectivity index (χ3n) is 3.69. The van der Waals surface area contributed by atoms with Gasteiger partial charge < -0.3 is 10.2 Å². The first-order chi connectivity index (χ1) is 8.11. The molecule has 0 aliphatic carbocycles. The van der Waals surface area contributed by atoms with Crippen LogP contribution in [0.3, 0.4) is 0 Å². The molecule has 17 heavy (non-hydrogen) atoms. The van der Waals surface area contributed by atoms with Gasteiger partial charge in [0.1, 0.15) is 0 Å². The Labute approximate surface area is 104 Å². The van der Waals surface area contributed by atoms with Gasteiger partial charge in [0.15, 0.2) is 5.82 Å². The number of rotatable bonds is 3. The minimum Gasteiger partial charge on any atom is -0.349 e. The summed E-state index contributed by atoms with van der Waals surface area (Å²) in [5.74, 6) is 1.76. The number of hydrogen-bond acceptors (Lipinski definition) is 3. The largest absolute Gasteiger partial charge is 0.349 e. The van der Waals surface area contributed by atoms with E-state index in [1.807, 2.05) is 17.9 Å². The van der Waals surface area contributed by atoms with Gasteiger partial charge in [-0.3, -0.25) is 4.68 Å². The van der Waals surface area contributed by atoms with Crippen molar-refractivity contribution in [1.82, 2.24) is 15.1 Å². The zero-order valence-electron chi connectivity index (χ0n) is 11.3. The molecule has 1 aliphatic rings.